The Labute approximate surface area is 197 Å². The van der Waals surface area contributed by atoms with E-state index in [2.05, 4.69) is 20.6 Å². The van der Waals surface area contributed by atoms with Crippen molar-refractivity contribution in [1.29, 1.82) is 0 Å². The van der Waals surface area contributed by atoms with Crippen molar-refractivity contribution in [3.05, 3.63) is 41.8 Å². The highest BCUT2D eigenvalue weighted by Crippen LogP contribution is 2.27. The molecule has 0 saturated heterocycles. The largest absolute Gasteiger partial charge is 0.444 e. The lowest BCUT2D eigenvalue weighted by atomic mass is 10.2. The standard InChI is InChI=1S/C23H28ClN5O4/c1-5-6-10-18(30)32-14-29-12-11-17-19(27-21(24)28-20(17)29)25-15-8-7-9-16(13-15)26-22(31)33-23(2,3)4/h7-9,11-13H,5-6,10,14H2,1-4H3,(H,26,31)(H,25,27,28). The van der Waals surface area contributed by atoms with Crippen LogP contribution in [0.4, 0.5) is 22.0 Å². The Hall–Kier alpha value is -3.33. The van der Waals surface area contributed by atoms with Crippen LogP contribution in [0, 0.1) is 0 Å². The van der Waals surface area contributed by atoms with Gasteiger partial charge in [0.15, 0.2) is 6.73 Å². The third-order valence-electron chi connectivity index (χ3n) is 4.46. The lowest BCUT2D eigenvalue weighted by Gasteiger charge is -2.19. The summed E-state index contributed by atoms with van der Waals surface area (Å²) in [4.78, 5) is 32.5. The average Bonchev–Trinajstić information content (AvgIpc) is 3.12. The van der Waals surface area contributed by atoms with Crippen molar-refractivity contribution in [2.75, 3.05) is 10.6 Å². The zero-order valence-corrected chi connectivity index (χ0v) is 19.9. The lowest BCUT2D eigenvalue weighted by Crippen LogP contribution is -2.27. The molecule has 2 N–H and O–H groups in total. The molecule has 0 unspecified atom stereocenters. The number of ether oxygens (including phenoxy) is 2. The lowest BCUT2D eigenvalue weighted by molar-refractivity contribution is -0.147. The minimum absolute atomic E-state index is 0.0358. The minimum Gasteiger partial charge on any atom is -0.444 e. The Bertz CT molecular complexity index is 1140. The molecule has 0 radical (unpaired) electrons. The normalized spacial score (nSPS) is 11.3. The van der Waals surface area contributed by atoms with Gasteiger partial charge in [-0.25, -0.2) is 4.79 Å². The smallest absolute Gasteiger partial charge is 0.412 e. The molecule has 1 aromatic carbocycles. The van der Waals surface area contributed by atoms with Crippen molar-refractivity contribution >= 4 is 51.9 Å². The van der Waals surface area contributed by atoms with E-state index in [4.69, 9.17) is 21.1 Å². The van der Waals surface area contributed by atoms with Crippen molar-refractivity contribution in [3.63, 3.8) is 0 Å². The number of nitrogens with one attached hydrogen (secondary N) is 2. The number of benzene rings is 1. The van der Waals surface area contributed by atoms with Crippen LogP contribution in [-0.2, 0) is 21.0 Å². The molecule has 176 valence electrons. The fourth-order valence-electron chi connectivity index (χ4n) is 3.01. The molecule has 0 atom stereocenters. The first-order chi connectivity index (χ1) is 15.6. The Balaban J connectivity index is 1.76. The van der Waals surface area contributed by atoms with Crippen molar-refractivity contribution < 1.29 is 19.1 Å². The van der Waals surface area contributed by atoms with Crippen LogP contribution in [0.1, 0.15) is 47.0 Å². The van der Waals surface area contributed by atoms with Gasteiger partial charge in [-0.15, -0.1) is 0 Å². The molecule has 0 bridgehead atoms. The van der Waals surface area contributed by atoms with Crippen LogP contribution >= 0.6 is 11.6 Å². The number of anilines is 3. The summed E-state index contributed by atoms with van der Waals surface area (Å²) in [6, 6.07) is 8.93. The van der Waals surface area contributed by atoms with Gasteiger partial charge >= 0.3 is 12.1 Å². The summed E-state index contributed by atoms with van der Waals surface area (Å²) in [7, 11) is 0. The van der Waals surface area contributed by atoms with Crippen LogP contribution < -0.4 is 10.6 Å². The maximum absolute atomic E-state index is 12.1. The van der Waals surface area contributed by atoms with Crippen LogP contribution in [0.3, 0.4) is 0 Å². The van der Waals surface area contributed by atoms with Gasteiger partial charge in [0.2, 0.25) is 5.28 Å². The number of esters is 1. The summed E-state index contributed by atoms with van der Waals surface area (Å²) in [5.74, 6) is 0.224. The fourth-order valence-corrected chi connectivity index (χ4v) is 3.17. The Morgan fingerprint density at radius 3 is 2.64 bits per heavy atom. The van der Waals surface area contributed by atoms with Crippen LogP contribution in [0.15, 0.2) is 36.5 Å². The number of unbranched alkanes of at least 4 members (excludes halogenated alkanes) is 1. The van der Waals surface area contributed by atoms with Crippen molar-refractivity contribution in [1.82, 2.24) is 14.5 Å². The summed E-state index contributed by atoms with van der Waals surface area (Å²) in [5, 5.41) is 6.66. The Morgan fingerprint density at radius 2 is 1.91 bits per heavy atom. The van der Waals surface area contributed by atoms with Gasteiger partial charge in [-0.3, -0.25) is 14.7 Å². The average molecular weight is 474 g/mol. The molecule has 1 amide bonds. The predicted octanol–water partition coefficient (Wildman–Crippen LogP) is 5.87. The molecule has 0 aliphatic heterocycles. The van der Waals surface area contributed by atoms with Gasteiger partial charge < -0.3 is 14.8 Å². The molecule has 0 spiro atoms. The molecule has 9 nitrogen and oxygen atoms in total. The Morgan fingerprint density at radius 1 is 1.15 bits per heavy atom. The third kappa shape index (κ3) is 7.08. The fraction of sp³-hybridized carbons (Fsp3) is 0.391. The molecule has 0 fully saturated rings. The van der Waals surface area contributed by atoms with Gasteiger partial charge in [-0.2, -0.15) is 9.97 Å². The molecule has 3 rings (SSSR count). The molecule has 0 aliphatic carbocycles. The van der Waals surface area contributed by atoms with E-state index in [0.717, 1.165) is 12.8 Å². The first-order valence-electron chi connectivity index (χ1n) is 10.7. The number of carbonyl (C=O) groups excluding carboxylic acids is 2. The minimum atomic E-state index is -0.596. The number of hydrogen-bond donors (Lipinski definition) is 2. The van der Waals surface area contributed by atoms with E-state index in [-0.39, 0.29) is 18.0 Å². The van der Waals surface area contributed by atoms with Gasteiger partial charge in [0, 0.05) is 24.0 Å². The SMILES string of the molecule is CCCCC(=O)OCn1ccc2c(Nc3cccc(NC(=O)OC(C)(C)C)c3)nc(Cl)nc21. The zero-order valence-electron chi connectivity index (χ0n) is 19.1. The highest BCUT2D eigenvalue weighted by Gasteiger charge is 2.17. The highest BCUT2D eigenvalue weighted by molar-refractivity contribution is 6.28. The molecule has 0 saturated carbocycles. The summed E-state index contributed by atoms with van der Waals surface area (Å²) in [6.45, 7) is 7.45. The molecule has 33 heavy (non-hydrogen) atoms. The van der Waals surface area contributed by atoms with Crippen molar-refractivity contribution in [2.24, 2.45) is 0 Å². The van der Waals surface area contributed by atoms with E-state index in [0.29, 0.717) is 34.6 Å². The van der Waals surface area contributed by atoms with E-state index in [9.17, 15) is 9.59 Å². The second-order valence-electron chi connectivity index (χ2n) is 8.45. The van der Waals surface area contributed by atoms with E-state index in [1.54, 1.807) is 49.7 Å². The first-order valence-corrected chi connectivity index (χ1v) is 11.1. The van der Waals surface area contributed by atoms with Gasteiger partial charge in [0.05, 0.1) is 5.39 Å². The van der Waals surface area contributed by atoms with E-state index >= 15 is 0 Å². The summed E-state index contributed by atoms with van der Waals surface area (Å²) in [6.07, 6.45) is 3.31. The Kier molecular flexibility index (Phi) is 7.75. The molecule has 10 heteroatoms. The van der Waals surface area contributed by atoms with Gasteiger partial charge in [-0.05, 0) is 63.1 Å². The second kappa shape index (κ2) is 10.5. The number of rotatable bonds is 8. The van der Waals surface area contributed by atoms with Gasteiger partial charge in [0.1, 0.15) is 17.1 Å². The maximum Gasteiger partial charge on any atom is 0.412 e. The monoisotopic (exact) mass is 473 g/mol. The summed E-state index contributed by atoms with van der Waals surface area (Å²) < 4.78 is 12.3. The van der Waals surface area contributed by atoms with Crippen molar-refractivity contribution in [2.45, 2.75) is 59.3 Å². The molecular weight excluding hydrogens is 446 g/mol. The zero-order chi connectivity index (χ0) is 24.0. The molecule has 2 heterocycles. The van der Waals surface area contributed by atoms with Crippen LogP contribution in [-0.4, -0.2) is 32.2 Å². The predicted molar refractivity (Wildman–Crippen MR) is 128 cm³/mol. The number of hydrogen-bond acceptors (Lipinski definition) is 7. The van der Waals surface area contributed by atoms with Crippen LogP contribution in [0.25, 0.3) is 11.0 Å². The highest BCUT2D eigenvalue weighted by atomic mass is 35.5. The molecule has 2 aromatic heterocycles. The number of amides is 1. The van der Waals surface area contributed by atoms with Crippen LogP contribution in [0.5, 0.6) is 0 Å². The number of aromatic nitrogens is 3. The second-order valence-corrected chi connectivity index (χ2v) is 8.78. The number of fused-ring (bicyclic) bond motifs is 1. The quantitative estimate of drug-likeness (QED) is 0.311. The van der Waals surface area contributed by atoms with E-state index in [1.165, 1.54) is 0 Å². The maximum atomic E-state index is 12.1. The summed E-state index contributed by atoms with van der Waals surface area (Å²) in [5.41, 5.74) is 1.17. The number of halogens is 1. The first kappa shape index (κ1) is 24.3. The van der Waals surface area contributed by atoms with E-state index in [1.807, 2.05) is 19.1 Å². The third-order valence-corrected chi connectivity index (χ3v) is 4.63. The van der Waals surface area contributed by atoms with E-state index < -0.39 is 11.7 Å². The number of carbonyl (C=O) groups is 2. The number of nitrogens with zero attached hydrogens (tertiary/aromatic N) is 3. The molecule has 0 aliphatic rings. The topological polar surface area (TPSA) is 107 Å². The van der Waals surface area contributed by atoms with Gasteiger partial charge in [0.25, 0.3) is 0 Å². The summed E-state index contributed by atoms with van der Waals surface area (Å²) >= 11 is 6.15. The molecular formula is C23H28ClN5O4. The van der Waals surface area contributed by atoms with Crippen molar-refractivity contribution in [3.8, 4) is 0 Å². The van der Waals surface area contributed by atoms with Crippen LogP contribution in [0.2, 0.25) is 5.28 Å². The molecule has 3 aromatic rings. The van der Waals surface area contributed by atoms with Gasteiger partial charge in [-0.1, -0.05) is 19.4 Å².